The molecule has 0 aliphatic carbocycles. The molecule has 0 unspecified atom stereocenters. The highest BCUT2D eigenvalue weighted by Crippen LogP contribution is 2.37. The van der Waals surface area contributed by atoms with Gasteiger partial charge in [0.2, 0.25) is 0 Å². The summed E-state index contributed by atoms with van der Waals surface area (Å²) in [7, 11) is -2.30. The molecule has 0 saturated heterocycles. The van der Waals surface area contributed by atoms with Gasteiger partial charge in [0.1, 0.15) is 5.82 Å². The van der Waals surface area contributed by atoms with Crippen LogP contribution in [-0.4, -0.2) is 30.7 Å². The van der Waals surface area contributed by atoms with E-state index < -0.39 is 21.7 Å². The second-order valence-electron chi connectivity index (χ2n) is 8.30. The number of aryl methyl sites for hydroxylation is 1. The van der Waals surface area contributed by atoms with Crippen LogP contribution < -0.4 is 9.62 Å². The van der Waals surface area contributed by atoms with Crippen molar-refractivity contribution in [1.82, 2.24) is 9.78 Å². The highest BCUT2D eigenvalue weighted by atomic mass is 32.2. The predicted octanol–water partition coefficient (Wildman–Crippen LogP) is 4.62. The molecule has 1 N–H and O–H groups in total. The molecule has 178 valence electrons. The minimum absolute atomic E-state index is 0.0879. The van der Waals surface area contributed by atoms with Crippen LogP contribution in [0.15, 0.2) is 83.9 Å². The average Bonchev–Trinajstić information content (AvgIpc) is 3.27. The Hall–Kier alpha value is -3.98. The Morgan fingerprint density at radius 1 is 1.00 bits per heavy atom. The summed E-state index contributed by atoms with van der Waals surface area (Å²) in [6.45, 7) is 0.316. The van der Waals surface area contributed by atoms with Gasteiger partial charge in [-0.05, 0) is 49.2 Å². The van der Waals surface area contributed by atoms with Gasteiger partial charge in [-0.3, -0.25) is 13.8 Å². The Labute approximate surface area is 202 Å². The van der Waals surface area contributed by atoms with E-state index in [1.54, 1.807) is 31.3 Å². The summed E-state index contributed by atoms with van der Waals surface area (Å²) >= 11 is 0. The van der Waals surface area contributed by atoms with Crippen LogP contribution in [0.2, 0.25) is 0 Å². The maximum Gasteiger partial charge on any atom is 0.281 e. The van der Waals surface area contributed by atoms with Gasteiger partial charge in [-0.15, -0.1) is 0 Å². The average molecular weight is 491 g/mol. The second-order valence-corrected chi connectivity index (χ2v) is 10.1. The van der Waals surface area contributed by atoms with Gasteiger partial charge in [-0.1, -0.05) is 36.4 Å². The van der Waals surface area contributed by atoms with Crippen LogP contribution in [0.25, 0.3) is 11.3 Å². The number of nitrogens with zero attached hydrogens (tertiary/aromatic N) is 3. The fourth-order valence-corrected chi connectivity index (χ4v) is 5.97. The smallest absolute Gasteiger partial charge is 0.281 e. The number of anilines is 2. The van der Waals surface area contributed by atoms with Gasteiger partial charge in [-0.25, -0.2) is 4.39 Å². The molecule has 7 nitrogen and oxygen atoms in total. The third-order valence-electron chi connectivity index (χ3n) is 6.02. The molecule has 1 aliphatic heterocycles. The number of carbonyl (C=O) groups is 1. The minimum atomic E-state index is -3.92. The van der Waals surface area contributed by atoms with Gasteiger partial charge in [0.15, 0.2) is 5.03 Å². The van der Waals surface area contributed by atoms with Crippen molar-refractivity contribution in [3.63, 3.8) is 0 Å². The molecule has 0 bridgehead atoms. The molecule has 35 heavy (non-hydrogen) atoms. The number of rotatable bonds is 5. The molecule has 0 spiro atoms. The summed E-state index contributed by atoms with van der Waals surface area (Å²) in [5.41, 5.74) is 3.51. The number of aromatic nitrogens is 2. The molecule has 1 aliphatic rings. The zero-order chi connectivity index (χ0) is 24.6. The van der Waals surface area contributed by atoms with E-state index in [-0.39, 0.29) is 5.03 Å². The lowest BCUT2D eigenvalue weighted by Crippen LogP contribution is -2.36. The number of hydrogen-bond donors (Lipinski definition) is 1. The number of sulfonamides is 1. The van der Waals surface area contributed by atoms with Crippen LogP contribution in [0, 0.1) is 5.82 Å². The standard InChI is InChI=1S/C26H23FN4O3S/c1-30-25(17-23(29-30)18-7-3-2-4-8-18)35(33,34)31-16-6-9-21-22(10-5-11-24(21)31)28-26(32)19-12-14-20(27)15-13-19/h2-5,7-8,10-15,17H,6,9,16H2,1H3,(H,28,32). The van der Waals surface area contributed by atoms with E-state index in [1.807, 2.05) is 30.3 Å². The first-order valence-electron chi connectivity index (χ1n) is 11.2. The number of amides is 1. The van der Waals surface area contributed by atoms with Crippen LogP contribution in [-0.2, 0) is 23.5 Å². The molecule has 4 aromatic rings. The largest absolute Gasteiger partial charge is 0.322 e. The molecule has 0 fully saturated rings. The normalized spacial score (nSPS) is 13.4. The van der Waals surface area contributed by atoms with E-state index in [0.717, 1.165) is 11.1 Å². The Bertz CT molecular complexity index is 1500. The van der Waals surface area contributed by atoms with E-state index in [9.17, 15) is 17.6 Å². The molecule has 0 atom stereocenters. The van der Waals surface area contributed by atoms with Crippen LogP contribution in [0.5, 0.6) is 0 Å². The third kappa shape index (κ3) is 4.30. The minimum Gasteiger partial charge on any atom is -0.322 e. The zero-order valence-corrected chi connectivity index (χ0v) is 19.8. The number of hydrogen-bond acceptors (Lipinski definition) is 4. The molecule has 0 radical (unpaired) electrons. The lowest BCUT2D eigenvalue weighted by Gasteiger charge is -2.31. The van der Waals surface area contributed by atoms with Gasteiger partial charge < -0.3 is 5.32 Å². The summed E-state index contributed by atoms with van der Waals surface area (Å²) in [4.78, 5) is 12.7. The van der Waals surface area contributed by atoms with Crippen molar-refractivity contribution < 1.29 is 17.6 Å². The van der Waals surface area contributed by atoms with Gasteiger partial charge in [-0.2, -0.15) is 13.5 Å². The second kappa shape index (κ2) is 8.99. The van der Waals surface area contributed by atoms with Crippen LogP contribution in [0.1, 0.15) is 22.3 Å². The molecule has 9 heteroatoms. The monoisotopic (exact) mass is 490 g/mol. The lowest BCUT2D eigenvalue weighted by atomic mass is 10.0. The first-order valence-corrected chi connectivity index (χ1v) is 12.6. The maximum absolute atomic E-state index is 13.7. The fraction of sp³-hybridized carbons (Fsp3) is 0.154. The highest BCUT2D eigenvalue weighted by Gasteiger charge is 2.33. The predicted molar refractivity (Wildman–Crippen MR) is 132 cm³/mol. The molecular weight excluding hydrogens is 467 g/mol. The van der Waals surface area contributed by atoms with Crippen LogP contribution >= 0.6 is 0 Å². The van der Waals surface area contributed by atoms with Crippen molar-refractivity contribution in [2.45, 2.75) is 17.9 Å². The molecule has 2 heterocycles. The van der Waals surface area contributed by atoms with Crippen molar-refractivity contribution in [3.8, 4) is 11.3 Å². The third-order valence-corrected chi connectivity index (χ3v) is 7.89. The number of nitrogens with one attached hydrogen (secondary N) is 1. The van der Waals surface area contributed by atoms with E-state index in [2.05, 4.69) is 10.4 Å². The zero-order valence-electron chi connectivity index (χ0n) is 19.0. The Morgan fingerprint density at radius 2 is 1.74 bits per heavy atom. The SMILES string of the molecule is Cn1nc(-c2ccccc2)cc1S(=O)(=O)N1CCCc2c(NC(=O)c3ccc(F)cc3)cccc21. The van der Waals surface area contributed by atoms with E-state index in [4.69, 9.17) is 0 Å². The summed E-state index contributed by atoms with van der Waals surface area (Å²) in [5, 5.41) is 7.36. The van der Waals surface area contributed by atoms with Crippen LogP contribution in [0.4, 0.5) is 15.8 Å². The molecule has 0 saturated carbocycles. The maximum atomic E-state index is 13.7. The summed E-state index contributed by atoms with van der Waals surface area (Å²) in [5.74, 6) is -0.817. The molecule has 1 aromatic heterocycles. The van der Waals surface area contributed by atoms with E-state index in [1.165, 1.54) is 33.3 Å². The first-order chi connectivity index (χ1) is 16.8. The van der Waals surface area contributed by atoms with Gasteiger partial charge in [0.05, 0.1) is 11.4 Å². The van der Waals surface area contributed by atoms with Gasteiger partial charge in [0.25, 0.3) is 15.9 Å². The van der Waals surface area contributed by atoms with E-state index in [0.29, 0.717) is 42.0 Å². The summed E-state index contributed by atoms with van der Waals surface area (Å²) < 4.78 is 43.5. The van der Waals surface area contributed by atoms with Gasteiger partial charge in [0, 0.05) is 42.0 Å². The molecular formula is C26H23FN4O3S. The lowest BCUT2D eigenvalue weighted by molar-refractivity contribution is 0.102. The van der Waals surface area contributed by atoms with Crippen molar-refractivity contribution in [2.24, 2.45) is 7.05 Å². The summed E-state index contributed by atoms with van der Waals surface area (Å²) in [6.07, 6.45) is 1.21. The Kier molecular flexibility index (Phi) is 5.86. The van der Waals surface area contributed by atoms with Crippen molar-refractivity contribution in [1.29, 1.82) is 0 Å². The molecule has 1 amide bonds. The van der Waals surface area contributed by atoms with Gasteiger partial charge >= 0.3 is 0 Å². The van der Waals surface area contributed by atoms with Crippen molar-refractivity contribution in [2.75, 3.05) is 16.2 Å². The summed E-state index contributed by atoms with van der Waals surface area (Å²) in [6, 6.07) is 21.4. The Morgan fingerprint density at radius 3 is 2.49 bits per heavy atom. The first kappa shape index (κ1) is 22.8. The van der Waals surface area contributed by atoms with Crippen LogP contribution in [0.3, 0.4) is 0 Å². The molecule has 5 rings (SSSR count). The van der Waals surface area contributed by atoms with Crippen molar-refractivity contribution >= 4 is 27.3 Å². The fourth-order valence-electron chi connectivity index (χ4n) is 4.31. The quantitative estimate of drug-likeness (QED) is 0.443. The number of benzene rings is 3. The Balaban J connectivity index is 1.48. The van der Waals surface area contributed by atoms with Crippen molar-refractivity contribution in [3.05, 3.63) is 95.8 Å². The topological polar surface area (TPSA) is 84.3 Å². The highest BCUT2D eigenvalue weighted by molar-refractivity contribution is 7.92. The number of halogens is 1. The van der Waals surface area contributed by atoms with E-state index >= 15 is 0 Å². The number of fused-ring (bicyclic) bond motifs is 1. The molecule has 3 aromatic carbocycles. The number of carbonyl (C=O) groups excluding carboxylic acids is 1.